The van der Waals surface area contributed by atoms with Crippen molar-refractivity contribution in [3.63, 3.8) is 0 Å². The number of methoxy groups -OCH3 is 1. The van der Waals surface area contributed by atoms with Gasteiger partial charge in [-0.15, -0.1) is 0 Å². The first-order valence-electron chi connectivity index (χ1n) is 7.67. The molecule has 6 heteroatoms. The van der Waals surface area contributed by atoms with Crippen molar-refractivity contribution in [3.05, 3.63) is 48.0 Å². The SMILES string of the molecule is COCCOCC(=O)N[C@H](Cc1cccc2ccccc12)C(=O)O. The molecule has 0 radical (unpaired) electrons. The summed E-state index contributed by atoms with van der Waals surface area (Å²) in [5.74, 6) is -1.54. The Balaban J connectivity index is 2.03. The first kappa shape index (κ1) is 17.9. The molecule has 6 nitrogen and oxygen atoms in total. The number of carboxylic acids is 1. The van der Waals surface area contributed by atoms with Crippen LogP contribution in [0.1, 0.15) is 5.56 Å². The van der Waals surface area contributed by atoms with Gasteiger partial charge in [-0.3, -0.25) is 4.79 Å². The number of nitrogens with one attached hydrogen (secondary N) is 1. The zero-order valence-corrected chi connectivity index (χ0v) is 13.5. The van der Waals surface area contributed by atoms with Crippen LogP contribution in [-0.4, -0.2) is 50.0 Å². The molecule has 0 saturated carbocycles. The fourth-order valence-electron chi connectivity index (χ4n) is 2.43. The van der Waals surface area contributed by atoms with Gasteiger partial charge in [0.25, 0.3) is 0 Å². The molecule has 2 aromatic rings. The lowest BCUT2D eigenvalue weighted by atomic mass is 9.99. The standard InChI is InChI=1S/C18H21NO5/c1-23-9-10-24-12-17(20)19-16(18(21)22)11-14-7-4-6-13-5-2-3-8-15(13)14/h2-8,16H,9-12H2,1H3,(H,19,20)(H,21,22)/t16-/m1/s1. The Morgan fingerprint density at radius 3 is 2.62 bits per heavy atom. The number of carboxylic acid groups (broad SMARTS) is 1. The number of ether oxygens (including phenoxy) is 2. The maximum Gasteiger partial charge on any atom is 0.326 e. The minimum Gasteiger partial charge on any atom is -0.480 e. The molecule has 0 bridgehead atoms. The second-order valence-corrected chi connectivity index (χ2v) is 5.35. The summed E-state index contributed by atoms with van der Waals surface area (Å²) < 4.78 is 9.92. The van der Waals surface area contributed by atoms with Gasteiger partial charge in [-0.05, 0) is 16.3 Å². The Morgan fingerprint density at radius 2 is 1.88 bits per heavy atom. The molecule has 0 aliphatic rings. The van der Waals surface area contributed by atoms with E-state index in [1.165, 1.54) is 7.11 Å². The van der Waals surface area contributed by atoms with Crippen molar-refractivity contribution in [2.24, 2.45) is 0 Å². The van der Waals surface area contributed by atoms with Crippen LogP contribution in [0.4, 0.5) is 0 Å². The monoisotopic (exact) mass is 331 g/mol. The van der Waals surface area contributed by atoms with Crippen molar-refractivity contribution in [1.82, 2.24) is 5.32 Å². The zero-order valence-electron chi connectivity index (χ0n) is 13.5. The lowest BCUT2D eigenvalue weighted by Crippen LogP contribution is -2.44. The zero-order chi connectivity index (χ0) is 17.4. The number of carbonyl (C=O) groups is 2. The van der Waals surface area contributed by atoms with E-state index in [1.807, 2.05) is 42.5 Å². The second-order valence-electron chi connectivity index (χ2n) is 5.35. The number of benzene rings is 2. The Labute approximate surface area is 140 Å². The van der Waals surface area contributed by atoms with Gasteiger partial charge in [0.1, 0.15) is 12.6 Å². The highest BCUT2D eigenvalue weighted by atomic mass is 16.5. The van der Waals surface area contributed by atoms with Crippen LogP contribution in [0.5, 0.6) is 0 Å². The van der Waals surface area contributed by atoms with Crippen molar-refractivity contribution in [2.75, 3.05) is 26.9 Å². The van der Waals surface area contributed by atoms with E-state index in [1.54, 1.807) is 0 Å². The third-order valence-electron chi connectivity index (χ3n) is 3.60. The molecule has 0 aliphatic heterocycles. The molecule has 128 valence electrons. The van der Waals surface area contributed by atoms with Crippen LogP contribution in [0.15, 0.2) is 42.5 Å². The molecule has 2 aromatic carbocycles. The molecule has 0 saturated heterocycles. The Hall–Kier alpha value is -2.44. The highest BCUT2D eigenvalue weighted by Crippen LogP contribution is 2.19. The van der Waals surface area contributed by atoms with Crippen molar-refractivity contribution in [2.45, 2.75) is 12.5 Å². The molecule has 0 spiro atoms. The molecule has 1 amide bonds. The van der Waals surface area contributed by atoms with Crippen LogP contribution < -0.4 is 5.32 Å². The van der Waals surface area contributed by atoms with E-state index in [2.05, 4.69) is 5.32 Å². The highest BCUT2D eigenvalue weighted by Gasteiger charge is 2.21. The summed E-state index contributed by atoms with van der Waals surface area (Å²) in [6.07, 6.45) is 0.209. The van der Waals surface area contributed by atoms with Gasteiger partial charge in [-0.25, -0.2) is 4.79 Å². The van der Waals surface area contributed by atoms with Crippen molar-refractivity contribution < 1.29 is 24.2 Å². The number of rotatable bonds is 9. The van der Waals surface area contributed by atoms with Crippen LogP contribution >= 0.6 is 0 Å². The predicted molar refractivity (Wildman–Crippen MR) is 89.9 cm³/mol. The lowest BCUT2D eigenvalue weighted by molar-refractivity contribution is -0.142. The Bertz CT molecular complexity index is 695. The topological polar surface area (TPSA) is 84.9 Å². The van der Waals surface area contributed by atoms with E-state index < -0.39 is 17.9 Å². The van der Waals surface area contributed by atoms with E-state index in [4.69, 9.17) is 9.47 Å². The van der Waals surface area contributed by atoms with Crippen LogP contribution in [0, 0.1) is 0 Å². The summed E-state index contributed by atoms with van der Waals surface area (Å²) in [5.41, 5.74) is 0.876. The van der Waals surface area contributed by atoms with Crippen LogP contribution in [0.2, 0.25) is 0 Å². The van der Waals surface area contributed by atoms with Gasteiger partial charge in [0, 0.05) is 13.5 Å². The minimum atomic E-state index is -1.08. The van der Waals surface area contributed by atoms with E-state index >= 15 is 0 Å². The molecule has 0 unspecified atom stereocenters. The molecule has 1 atom stereocenters. The molecule has 2 rings (SSSR count). The normalized spacial score (nSPS) is 12.0. The molecule has 2 N–H and O–H groups in total. The number of fused-ring (bicyclic) bond motifs is 1. The number of hydrogen-bond acceptors (Lipinski definition) is 4. The fraction of sp³-hybridized carbons (Fsp3) is 0.333. The molecule has 0 heterocycles. The van der Waals surface area contributed by atoms with Crippen LogP contribution in [-0.2, 0) is 25.5 Å². The van der Waals surface area contributed by atoms with Gasteiger partial charge in [0.15, 0.2) is 0 Å². The van der Waals surface area contributed by atoms with E-state index in [0.717, 1.165) is 16.3 Å². The minimum absolute atomic E-state index is 0.192. The third kappa shape index (κ3) is 5.04. The van der Waals surface area contributed by atoms with Gasteiger partial charge < -0.3 is 19.9 Å². The Kier molecular flexibility index (Phi) is 6.72. The van der Waals surface area contributed by atoms with Gasteiger partial charge in [-0.2, -0.15) is 0 Å². The fourth-order valence-corrected chi connectivity index (χ4v) is 2.43. The smallest absolute Gasteiger partial charge is 0.326 e. The molecule has 0 aromatic heterocycles. The maximum absolute atomic E-state index is 11.8. The average Bonchev–Trinajstić information content (AvgIpc) is 2.58. The molecular formula is C18H21NO5. The van der Waals surface area contributed by atoms with Gasteiger partial charge >= 0.3 is 5.97 Å². The van der Waals surface area contributed by atoms with E-state index in [0.29, 0.717) is 6.61 Å². The van der Waals surface area contributed by atoms with Crippen molar-refractivity contribution in [3.8, 4) is 0 Å². The van der Waals surface area contributed by atoms with Gasteiger partial charge in [-0.1, -0.05) is 42.5 Å². The Morgan fingerprint density at radius 1 is 1.12 bits per heavy atom. The van der Waals surface area contributed by atoms with Gasteiger partial charge in [0.05, 0.1) is 13.2 Å². The lowest BCUT2D eigenvalue weighted by Gasteiger charge is -2.16. The summed E-state index contributed by atoms with van der Waals surface area (Å²) in [7, 11) is 1.54. The van der Waals surface area contributed by atoms with E-state index in [-0.39, 0.29) is 19.6 Å². The molecule has 0 fully saturated rings. The summed E-state index contributed by atoms with van der Waals surface area (Å²) in [6.45, 7) is 0.472. The largest absolute Gasteiger partial charge is 0.480 e. The number of hydrogen-bond donors (Lipinski definition) is 2. The van der Waals surface area contributed by atoms with Crippen molar-refractivity contribution in [1.29, 1.82) is 0 Å². The summed E-state index contributed by atoms with van der Waals surface area (Å²) in [4.78, 5) is 23.3. The first-order chi connectivity index (χ1) is 11.6. The predicted octanol–water partition coefficient (Wildman–Crippen LogP) is 1.61. The van der Waals surface area contributed by atoms with Crippen LogP contribution in [0.25, 0.3) is 10.8 Å². The van der Waals surface area contributed by atoms with E-state index in [9.17, 15) is 14.7 Å². The third-order valence-corrected chi connectivity index (χ3v) is 3.60. The summed E-state index contributed by atoms with van der Waals surface area (Å²) >= 11 is 0. The molecule has 24 heavy (non-hydrogen) atoms. The first-order valence-corrected chi connectivity index (χ1v) is 7.67. The second kappa shape index (κ2) is 9.00. The van der Waals surface area contributed by atoms with Crippen LogP contribution in [0.3, 0.4) is 0 Å². The van der Waals surface area contributed by atoms with Crippen molar-refractivity contribution >= 4 is 22.6 Å². The number of aliphatic carboxylic acids is 1. The van der Waals surface area contributed by atoms with Gasteiger partial charge in [0.2, 0.25) is 5.91 Å². The average molecular weight is 331 g/mol. The number of amides is 1. The maximum atomic E-state index is 11.8. The summed E-state index contributed by atoms with van der Waals surface area (Å²) in [5, 5.41) is 13.9. The highest BCUT2D eigenvalue weighted by molar-refractivity contribution is 5.88. The summed E-state index contributed by atoms with van der Waals surface area (Å²) in [6, 6.07) is 12.5. The quantitative estimate of drug-likeness (QED) is 0.682. The molecule has 0 aliphatic carbocycles. The number of carbonyl (C=O) groups excluding carboxylic acids is 1. The molecular weight excluding hydrogens is 310 g/mol.